The molecule has 0 spiro atoms. The number of alkyl halides is 3. The normalized spacial score (nSPS) is 32.0. The van der Waals surface area contributed by atoms with Crippen LogP contribution < -0.4 is 0 Å². The molecule has 0 aromatic heterocycles. The van der Waals surface area contributed by atoms with Gasteiger partial charge in [0.2, 0.25) is 0 Å². The molecule has 1 aliphatic heterocycles. The molecule has 2 nitrogen and oxygen atoms in total. The summed E-state index contributed by atoms with van der Waals surface area (Å²) in [5.74, 6) is 0. The van der Waals surface area contributed by atoms with Crippen LogP contribution in [0.4, 0.5) is 13.2 Å². The van der Waals surface area contributed by atoms with E-state index in [0.717, 1.165) is 0 Å². The smallest absolute Gasteiger partial charge is 0.390 e. The summed E-state index contributed by atoms with van der Waals surface area (Å²) in [6.07, 6.45) is -6.27. The van der Waals surface area contributed by atoms with Gasteiger partial charge in [0.15, 0.2) is 0 Å². The molecule has 0 aromatic rings. The van der Waals surface area contributed by atoms with Crippen LogP contribution in [0.15, 0.2) is 0 Å². The van der Waals surface area contributed by atoms with E-state index in [1.807, 2.05) is 0 Å². The van der Waals surface area contributed by atoms with Gasteiger partial charge in [-0.1, -0.05) is 0 Å². The highest BCUT2D eigenvalue weighted by Gasteiger charge is 2.36. The number of aliphatic hydroxyl groups excluding tert-OH is 1. The van der Waals surface area contributed by atoms with Gasteiger partial charge in [0.1, 0.15) is 0 Å². The second kappa shape index (κ2) is 3.62. The average Bonchev–Trinajstić information content (AvgIpc) is 1.91. The summed E-state index contributed by atoms with van der Waals surface area (Å²) in [4.78, 5) is 0. The van der Waals surface area contributed by atoms with Crippen LogP contribution in [0.2, 0.25) is 0 Å². The van der Waals surface area contributed by atoms with Gasteiger partial charge < -0.3 is 9.84 Å². The SMILES string of the molecule is O[C@H]1CCCOC1CC(F)(F)F. The summed E-state index contributed by atoms with van der Waals surface area (Å²) >= 11 is 0. The van der Waals surface area contributed by atoms with Crippen LogP contribution in [0.25, 0.3) is 0 Å². The molecule has 72 valence electrons. The highest BCUT2D eigenvalue weighted by molar-refractivity contribution is 4.75. The highest BCUT2D eigenvalue weighted by atomic mass is 19.4. The Morgan fingerprint density at radius 3 is 2.58 bits per heavy atom. The van der Waals surface area contributed by atoms with Crippen LogP contribution in [0.1, 0.15) is 19.3 Å². The molecule has 0 amide bonds. The largest absolute Gasteiger partial charge is 0.391 e. The number of ether oxygens (including phenoxy) is 1. The molecule has 1 fully saturated rings. The minimum absolute atomic E-state index is 0.317. The van der Waals surface area contributed by atoms with Crippen molar-refractivity contribution < 1.29 is 23.0 Å². The van der Waals surface area contributed by atoms with Crippen molar-refractivity contribution in [2.45, 2.75) is 37.6 Å². The van der Waals surface area contributed by atoms with Crippen molar-refractivity contribution >= 4 is 0 Å². The molecule has 0 bridgehead atoms. The Hall–Kier alpha value is -0.290. The minimum Gasteiger partial charge on any atom is -0.390 e. The highest BCUT2D eigenvalue weighted by Crippen LogP contribution is 2.27. The number of halogens is 3. The third-order valence-corrected chi connectivity index (χ3v) is 1.84. The molecule has 12 heavy (non-hydrogen) atoms. The molecule has 1 rings (SSSR count). The maximum Gasteiger partial charge on any atom is 0.391 e. The van der Waals surface area contributed by atoms with Gasteiger partial charge in [0.25, 0.3) is 0 Å². The zero-order valence-corrected chi connectivity index (χ0v) is 6.47. The zero-order valence-electron chi connectivity index (χ0n) is 6.47. The molecular formula is C7H11F3O2. The molecule has 1 heterocycles. The quantitative estimate of drug-likeness (QED) is 0.668. The molecule has 0 saturated carbocycles. The van der Waals surface area contributed by atoms with Crippen molar-refractivity contribution in [3.05, 3.63) is 0 Å². The molecular weight excluding hydrogens is 173 g/mol. The summed E-state index contributed by atoms with van der Waals surface area (Å²) < 4.78 is 40.3. The van der Waals surface area contributed by atoms with Crippen LogP contribution in [0, 0.1) is 0 Å². The summed E-state index contributed by atoms with van der Waals surface area (Å²) in [6.45, 7) is 0.317. The van der Waals surface area contributed by atoms with Gasteiger partial charge in [-0.2, -0.15) is 13.2 Å². The fourth-order valence-electron chi connectivity index (χ4n) is 1.25. The first-order valence-corrected chi connectivity index (χ1v) is 3.85. The van der Waals surface area contributed by atoms with Gasteiger partial charge in [-0.05, 0) is 12.8 Å². The van der Waals surface area contributed by atoms with E-state index >= 15 is 0 Å². The van der Waals surface area contributed by atoms with Gasteiger partial charge >= 0.3 is 6.18 Å². The Kier molecular flexibility index (Phi) is 2.95. The average molecular weight is 184 g/mol. The van der Waals surface area contributed by atoms with Gasteiger partial charge in [-0.3, -0.25) is 0 Å². The maximum absolute atomic E-state index is 11.8. The summed E-state index contributed by atoms with van der Waals surface area (Å²) in [7, 11) is 0. The lowest BCUT2D eigenvalue weighted by Crippen LogP contribution is -2.37. The van der Waals surface area contributed by atoms with E-state index < -0.39 is 24.8 Å². The van der Waals surface area contributed by atoms with Crippen LogP contribution in [0.5, 0.6) is 0 Å². The van der Waals surface area contributed by atoms with E-state index in [0.29, 0.717) is 19.4 Å². The predicted octanol–water partition coefficient (Wildman–Crippen LogP) is 1.48. The molecule has 0 aliphatic carbocycles. The molecule has 1 saturated heterocycles. The molecule has 5 heteroatoms. The Morgan fingerprint density at radius 2 is 2.08 bits per heavy atom. The van der Waals surface area contributed by atoms with E-state index in [4.69, 9.17) is 9.84 Å². The third kappa shape index (κ3) is 2.98. The fourth-order valence-corrected chi connectivity index (χ4v) is 1.25. The van der Waals surface area contributed by atoms with Crippen LogP contribution in [-0.4, -0.2) is 30.1 Å². The molecule has 1 unspecified atom stereocenters. The van der Waals surface area contributed by atoms with Crippen molar-refractivity contribution in [3.8, 4) is 0 Å². The van der Waals surface area contributed by atoms with Gasteiger partial charge in [0, 0.05) is 6.61 Å². The first kappa shape index (κ1) is 9.80. The van der Waals surface area contributed by atoms with E-state index in [2.05, 4.69) is 0 Å². The molecule has 1 N–H and O–H groups in total. The molecule has 0 aromatic carbocycles. The Bertz CT molecular complexity index is 146. The minimum atomic E-state index is -4.25. The van der Waals surface area contributed by atoms with Crippen LogP contribution >= 0.6 is 0 Å². The maximum atomic E-state index is 11.8. The van der Waals surface area contributed by atoms with Crippen LogP contribution in [-0.2, 0) is 4.74 Å². The van der Waals surface area contributed by atoms with E-state index in [1.165, 1.54) is 0 Å². The summed E-state index contributed by atoms with van der Waals surface area (Å²) in [5.41, 5.74) is 0. The standard InChI is InChI=1S/C7H11F3O2/c8-7(9,10)4-6-5(11)2-1-3-12-6/h5-6,11H,1-4H2/t5-,6?/m0/s1. The fraction of sp³-hybridized carbons (Fsp3) is 1.00. The molecule has 2 atom stereocenters. The van der Waals surface area contributed by atoms with Gasteiger partial charge in [0.05, 0.1) is 18.6 Å². The zero-order chi connectivity index (χ0) is 9.19. The lowest BCUT2D eigenvalue weighted by Gasteiger charge is -2.28. The lowest BCUT2D eigenvalue weighted by molar-refractivity contribution is -0.184. The topological polar surface area (TPSA) is 29.5 Å². The number of rotatable bonds is 1. The van der Waals surface area contributed by atoms with Crippen molar-refractivity contribution in [2.24, 2.45) is 0 Å². The second-order valence-electron chi connectivity index (χ2n) is 2.94. The summed E-state index contributed by atoms with van der Waals surface area (Å²) in [5, 5.41) is 9.11. The van der Waals surface area contributed by atoms with Crippen molar-refractivity contribution in [1.82, 2.24) is 0 Å². The van der Waals surface area contributed by atoms with E-state index in [1.54, 1.807) is 0 Å². The van der Waals surface area contributed by atoms with Crippen molar-refractivity contribution in [2.75, 3.05) is 6.61 Å². The Morgan fingerprint density at radius 1 is 1.42 bits per heavy atom. The monoisotopic (exact) mass is 184 g/mol. The van der Waals surface area contributed by atoms with Crippen LogP contribution in [0.3, 0.4) is 0 Å². The van der Waals surface area contributed by atoms with Gasteiger partial charge in [-0.15, -0.1) is 0 Å². The summed E-state index contributed by atoms with van der Waals surface area (Å²) in [6, 6.07) is 0. The third-order valence-electron chi connectivity index (χ3n) is 1.84. The predicted molar refractivity (Wildman–Crippen MR) is 35.7 cm³/mol. The Labute approximate surface area is 68.3 Å². The number of hydrogen-bond acceptors (Lipinski definition) is 2. The lowest BCUT2D eigenvalue weighted by atomic mass is 10.0. The molecule has 1 aliphatic rings. The van der Waals surface area contributed by atoms with E-state index in [9.17, 15) is 13.2 Å². The first-order valence-electron chi connectivity index (χ1n) is 3.85. The Balaban J connectivity index is 2.39. The van der Waals surface area contributed by atoms with Crippen molar-refractivity contribution in [3.63, 3.8) is 0 Å². The number of hydrogen-bond donors (Lipinski definition) is 1. The van der Waals surface area contributed by atoms with Gasteiger partial charge in [-0.25, -0.2) is 0 Å². The molecule has 0 radical (unpaired) electrons. The van der Waals surface area contributed by atoms with Crippen molar-refractivity contribution in [1.29, 1.82) is 0 Å². The van der Waals surface area contributed by atoms with E-state index in [-0.39, 0.29) is 0 Å². The second-order valence-corrected chi connectivity index (χ2v) is 2.94. The number of aliphatic hydroxyl groups is 1. The first-order chi connectivity index (χ1) is 5.49.